The first-order valence-corrected chi connectivity index (χ1v) is 8.05. The fourth-order valence-electron chi connectivity index (χ4n) is 2.41. The third-order valence-corrected chi connectivity index (χ3v) is 3.72. The molecule has 0 amide bonds. The second kappa shape index (κ2) is 11.5. The standard InChI is InChI=1S/C7H15NO.C6H14N2O.C2H6/c1-6(2)8-4-3-7(9)5-8;1-7-5-3-2-4-8-6(5)9;1-2/h6-7,9H,3-5H2,1-2H3;5-9H,2-4H2,1H3;1-2H3. The number of β-amino-alcohol motifs (C(OH)–C–C–N with tert-alkyl or cyclic N) is 1. The molecule has 2 aliphatic heterocycles. The molecule has 0 aromatic rings. The lowest BCUT2D eigenvalue weighted by Crippen LogP contribution is -2.50. The van der Waals surface area contributed by atoms with Gasteiger partial charge in [0.2, 0.25) is 0 Å². The van der Waals surface area contributed by atoms with Crippen LogP contribution in [0.25, 0.3) is 0 Å². The molecule has 0 aliphatic carbocycles. The van der Waals surface area contributed by atoms with E-state index < -0.39 is 0 Å². The van der Waals surface area contributed by atoms with E-state index in [1.807, 2.05) is 20.9 Å². The van der Waals surface area contributed by atoms with Crippen LogP contribution in [0.3, 0.4) is 0 Å². The van der Waals surface area contributed by atoms with E-state index >= 15 is 0 Å². The van der Waals surface area contributed by atoms with Gasteiger partial charge in [-0.05, 0) is 46.7 Å². The van der Waals surface area contributed by atoms with E-state index in [9.17, 15) is 5.11 Å². The highest BCUT2D eigenvalue weighted by molar-refractivity contribution is 4.77. The Balaban J connectivity index is 0.000000321. The van der Waals surface area contributed by atoms with Crippen LogP contribution in [0.15, 0.2) is 0 Å². The van der Waals surface area contributed by atoms with Crippen LogP contribution in [0, 0.1) is 0 Å². The summed E-state index contributed by atoms with van der Waals surface area (Å²) in [5.74, 6) is 0. The zero-order chi connectivity index (χ0) is 15.5. The van der Waals surface area contributed by atoms with Crippen LogP contribution < -0.4 is 10.6 Å². The number of piperidine rings is 1. The van der Waals surface area contributed by atoms with Crippen molar-refractivity contribution in [1.82, 2.24) is 15.5 Å². The summed E-state index contributed by atoms with van der Waals surface area (Å²) in [5.41, 5.74) is 0. The van der Waals surface area contributed by atoms with Crippen LogP contribution in [0.5, 0.6) is 0 Å². The molecule has 20 heavy (non-hydrogen) atoms. The van der Waals surface area contributed by atoms with Gasteiger partial charge in [-0.15, -0.1) is 0 Å². The SMILES string of the molecule is CC.CC(C)N1CCC(O)C1.CNC1CCCNC1O. The normalized spacial score (nSPS) is 30.3. The van der Waals surface area contributed by atoms with Gasteiger partial charge in [-0.25, -0.2) is 0 Å². The zero-order valence-electron chi connectivity index (χ0n) is 13.9. The average molecular weight is 289 g/mol. The second-order valence-electron chi connectivity index (χ2n) is 5.47. The van der Waals surface area contributed by atoms with Crippen LogP contribution >= 0.6 is 0 Å². The molecule has 2 saturated heterocycles. The Kier molecular flexibility index (Phi) is 11.3. The van der Waals surface area contributed by atoms with Gasteiger partial charge in [0.05, 0.1) is 6.10 Å². The smallest absolute Gasteiger partial charge is 0.120 e. The number of rotatable bonds is 2. The van der Waals surface area contributed by atoms with Crippen molar-refractivity contribution in [3.05, 3.63) is 0 Å². The van der Waals surface area contributed by atoms with Crippen LogP contribution in [0.2, 0.25) is 0 Å². The molecule has 0 bridgehead atoms. The average Bonchev–Trinajstić information content (AvgIpc) is 2.89. The molecule has 0 spiro atoms. The predicted octanol–water partition coefficient (Wildman–Crippen LogP) is 0.764. The highest BCUT2D eigenvalue weighted by atomic mass is 16.3. The van der Waals surface area contributed by atoms with Gasteiger partial charge in [0.15, 0.2) is 0 Å². The molecule has 5 nitrogen and oxygen atoms in total. The lowest BCUT2D eigenvalue weighted by molar-refractivity contribution is 0.0742. The van der Waals surface area contributed by atoms with Gasteiger partial charge in [0, 0.05) is 25.2 Å². The molecule has 2 heterocycles. The number of hydrogen-bond acceptors (Lipinski definition) is 5. The third-order valence-electron chi connectivity index (χ3n) is 3.72. The van der Waals surface area contributed by atoms with E-state index in [0.29, 0.717) is 6.04 Å². The number of nitrogens with one attached hydrogen (secondary N) is 2. The van der Waals surface area contributed by atoms with Gasteiger partial charge in [0.25, 0.3) is 0 Å². The Hall–Kier alpha value is -0.200. The maximum absolute atomic E-state index is 9.20. The monoisotopic (exact) mass is 289 g/mol. The van der Waals surface area contributed by atoms with Crippen molar-refractivity contribution in [2.24, 2.45) is 0 Å². The molecule has 3 unspecified atom stereocenters. The van der Waals surface area contributed by atoms with E-state index in [1.165, 1.54) is 0 Å². The number of likely N-dealkylation sites (N-methyl/N-ethyl adjacent to an activating group) is 1. The number of aliphatic hydroxyl groups is 2. The molecule has 5 heteroatoms. The molecule has 4 N–H and O–H groups in total. The summed E-state index contributed by atoms with van der Waals surface area (Å²) in [6.07, 6.45) is 2.78. The van der Waals surface area contributed by atoms with Crippen molar-refractivity contribution in [3.8, 4) is 0 Å². The minimum Gasteiger partial charge on any atom is -0.392 e. The molecule has 3 atom stereocenters. The van der Waals surface area contributed by atoms with Gasteiger partial charge in [0.1, 0.15) is 6.23 Å². The molecule has 2 aliphatic rings. The summed E-state index contributed by atoms with van der Waals surface area (Å²) < 4.78 is 0. The summed E-state index contributed by atoms with van der Waals surface area (Å²) >= 11 is 0. The van der Waals surface area contributed by atoms with Gasteiger partial charge in [-0.2, -0.15) is 0 Å². The number of hydrogen-bond donors (Lipinski definition) is 4. The highest BCUT2D eigenvalue weighted by Crippen LogP contribution is 2.11. The minimum atomic E-state index is -0.344. The zero-order valence-corrected chi connectivity index (χ0v) is 13.9. The van der Waals surface area contributed by atoms with E-state index in [0.717, 1.165) is 38.9 Å². The van der Waals surface area contributed by atoms with Gasteiger partial charge < -0.3 is 15.5 Å². The van der Waals surface area contributed by atoms with E-state index in [1.54, 1.807) is 0 Å². The predicted molar refractivity (Wildman–Crippen MR) is 84.8 cm³/mol. The first-order chi connectivity index (χ1) is 9.54. The number of aliphatic hydroxyl groups excluding tert-OH is 2. The number of likely N-dealkylation sites (tertiary alicyclic amines) is 1. The second-order valence-corrected chi connectivity index (χ2v) is 5.47. The summed E-state index contributed by atoms with van der Waals surface area (Å²) in [6, 6.07) is 0.848. The molecule has 122 valence electrons. The third kappa shape index (κ3) is 7.55. The summed E-state index contributed by atoms with van der Waals surface area (Å²) in [6.45, 7) is 11.2. The Bertz CT molecular complexity index is 227. The quantitative estimate of drug-likeness (QED) is 0.604. The molecular weight excluding hydrogens is 254 g/mol. The maximum atomic E-state index is 9.20. The van der Waals surface area contributed by atoms with E-state index in [-0.39, 0.29) is 18.4 Å². The summed E-state index contributed by atoms with van der Waals surface area (Å²) in [7, 11) is 1.88. The van der Waals surface area contributed by atoms with Crippen LogP contribution in [0.4, 0.5) is 0 Å². The summed E-state index contributed by atoms with van der Waals surface area (Å²) in [5, 5.41) is 24.3. The topological polar surface area (TPSA) is 67.8 Å². The molecule has 2 rings (SSSR count). The van der Waals surface area contributed by atoms with Crippen molar-refractivity contribution >= 4 is 0 Å². The fourth-order valence-corrected chi connectivity index (χ4v) is 2.41. The van der Waals surface area contributed by atoms with Crippen LogP contribution in [-0.2, 0) is 0 Å². The van der Waals surface area contributed by atoms with Gasteiger partial charge in [-0.3, -0.25) is 10.2 Å². The fraction of sp³-hybridized carbons (Fsp3) is 1.00. The maximum Gasteiger partial charge on any atom is 0.120 e. The van der Waals surface area contributed by atoms with Crippen LogP contribution in [-0.4, -0.2) is 66.2 Å². The van der Waals surface area contributed by atoms with Crippen molar-refractivity contribution in [2.75, 3.05) is 26.7 Å². The van der Waals surface area contributed by atoms with Gasteiger partial charge >= 0.3 is 0 Å². The lowest BCUT2D eigenvalue weighted by Gasteiger charge is -2.27. The molecule has 0 saturated carbocycles. The first kappa shape index (κ1) is 19.8. The van der Waals surface area contributed by atoms with Crippen molar-refractivity contribution < 1.29 is 10.2 Å². The van der Waals surface area contributed by atoms with Crippen molar-refractivity contribution in [1.29, 1.82) is 0 Å². The minimum absolute atomic E-state index is 0.0626. The Morgan fingerprint density at radius 2 is 1.85 bits per heavy atom. The van der Waals surface area contributed by atoms with Crippen molar-refractivity contribution in [2.45, 2.75) is 71.4 Å². The largest absolute Gasteiger partial charge is 0.392 e. The number of nitrogens with zero attached hydrogens (tertiary/aromatic N) is 1. The first-order valence-electron chi connectivity index (χ1n) is 8.05. The Morgan fingerprint density at radius 1 is 1.20 bits per heavy atom. The summed E-state index contributed by atoms with van der Waals surface area (Å²) in [4.78, 5) is 2.30. The molecule has 0 radical (unpaired) electrons. The Morgan fingerprint density at radius 3 is 2.15 bits per heavy atom. The molecule has 0 aromatic carbocycles. The van der Waals surface area contributed by atoms with E-state index in [4.69, 9.17) is 5.11 Å². The van der Waals surface area contributed by atoms with E-state index in [2.05, 4.69) is 29.4 Å². The molecular formula is C15H35N3O2. The van der Waals surface area contributed by atoms with Crippen LogP contribution in [0.1, 0.15) is 47.0 Å². The highest BCUT2D eigenvalue weighted by Gasteiger charge is 2.21. The lowest BCUT2D eigenvalue weighted by atomic mass is 10.1. The Labute approximate surface area is 124 Å². The van der Waals surface area contributed by atoms with Crippen molar-refractivity contribution in [3.63, 3.8) is 0 Å². The molecule has 0 aromatic heterocycles. The molecule has 2 fully saturated rings. The van der Waals surface area contributed by atoms with Gasteiger partial charge in [-0.1, -0.05) is 13.8 Å².